The minimum Gasteiger partial charge on any atom is -0.497 e. The number of benzene rings is 2. The van der Waals surface area contributed by atoms with Crippen molar-refractivity contribution in [2.24, 2.45) is 0 Å². The number of rotatable bonds is 2. The highest BCUT2D eigenvalue weighted by Crippen LogP contribution is 2.25. The van der Waals surface area contributed by atoms with Crippen molar-refractivity contribution >= 4 is 17.0 Å². The molecule has 4 nitrogen and oxygen atoms in total. The van der Waals surface area contributed by atoms with Crippen LogP contribution in [0.15, 0.2) is 42.5 Å². The highest BCUT2D eigenvalue weighted by Gasteiger charge is 2.10. The van der Waals surface area contributed by atoms with Gasteiger partial charge in [-0.1, -0.05) is 12.1 Å². The second-order valence-corrected chi connectivity index (χ2v) is 4.50. The first kappa shape index (κ1) is 11.6. The molecule has 3 aromatic rings. The third kappa shape index (κ3) is 1.91. The average molecular weight is 253 g/mol. The van der Waals surface area contributed by atoms with Crippen LogP contribution in [0, 0.1) is 6.92 Å². The molecule has 1 aromatic heterocycles. The highest BCUT2D eigenvalue weighted by atomic mass is 16.5. The number of aromatic nitrogens is 2. The Kier molecular flexibility index (Phi) is 2.63. The number of aryl methyl sites for hydroxylation is 1. The van der Waals surface area contributed by atoms with Crippen LogP contribution in [0.3, 0.4) is 0 Å². The van der Waals surface area contributed by atoms with E-state index in [9.17, 15) is 0 Å². The first-order valence-electron chi connectivity index (χ1n) is 6.08. The van der Waals surface area contributed by atoms with Gasteiger partial charge in [0.15, 0.2) is 0 Å². The van der Waals surface area contributed by atoms with Crippen molar-refractivity contribution in [3.63, 3.8) is 0 Å². The predicted molar refractivity (Wildman–Crippen MR) is 76.8 cm³/mol. The molecule has 0 spiro atoms. The second kappa shape index (κ2) is 4.31. The minimum absolute atomic E-state index is 0.480. The van der Waals surface area contributed by atoms with Crippen molar-refractivity contribution in [2.75, 3.05) is 12.8 Å². The normalized spacial score (nSPS) is 10.8. The first-order chi connectivity index (χ1) is 9.19. The third-order valence-electron chi connectivity index (χ3n) is 3.15. The predicted octanol–water partition coefficient (Wildman–Crippen LogP) is 2.92. The Hall–Kier alpha value is -2.49. The lowest BCUT2D eigenvalue weighted by Crippen LogP contribution is -2.00. The summed E-state index contributed by atoms with van der Waals surface area (Å²) in [6, 6.07) is 13.9. The van der Waals surface area contributed by atoms with E-state index in [1.807, 2.05) is 47.9 Å². The monoisotopic (exact) mass is 253 g/mol. The number of nitrogen functional groups attached to an aromatic ring is 1. The van der Waals surface area contributed by atoms with Crippen LogP contribution in [0.1, 0.15) is 5.56 Å². The molecule has 0 amide bonds. The molecule has 0 aliphatic rings. The number of hydrogen-bond donors (Lipinski definition) is 1. The van der Waals surface area contributed by atoms with Crippen molar-refractivity contribution in [2.45, 2.75) is 6.92 Å². The molecule has 1 heterocycles. The number of anilines is 1. The summed E-state index contributed by atoms with van der Waals surface area (Å²) in [5, 5.41) is 0. The molecule has 0 aliphatic heterocycles. The summed E-state index contributed by atoms with van der Waals surface area (Å²) in [5.74, 6) is 1.28. The van der Waals surface area contributed by atoms with E-state index in [4.69, 9.17) is 10.5 Å². The quantitative estimate of drug-likeness (QED) is 0.764. The maximum absolute atomic E-state index is 6.04. The summed E-state index contributed by atoms with van der Waals surface area (Å²) >= 11 is 0. The van der Waals surface area contributed by atoms with Gasteiger partial charge in [-0.3, -0.25) is 4.57 Å². The highest BCUT2D eigenvalue weighted by molar-refractivity contribution is 5.81. The zero-order valence-electron chi connectivity index (χ0n) is 10.9. The molecule has 3 rings (SSSR count). The fourth-order valence-electron chi connectivity index (χ4n) is 2.23. The van der Waals surface area contributed by atoms with Crippen LogP contribution in [0.5, 0.6) is 5.75 Å². The number of fused-ring (bicyclic) bond motifs is 1. The third-order valence-corrected chi connectivity index (χ3v) is 3.15. The summed E-state index contributed by atoms with van der Waals surface area (Å²) in [5.41, 5.74) is 10.1. The first-order valence-corrected chi connectivity index (χ1v) is 6.08. The maximum atomic E-state index is 6.04. The molecule has 0 saturated carbocycles. The van der Waals surface area contributed by atoms with Gasteiger partial charge in [0, 0.05) is 6.07 Å². The maximum Gasteiger partial charge on any atom is 0.205 e. The van der Waals surface area contributed by atoms with Gasteiger partial charge in [-0.05, 0) is 36.8 Å². The van der Waals surface area contributed by atoms with Gasteiger partial charge in [0.2, 0.25) is 5.95 Å². The van der Waals surface area contributed by atoms with Gasteiger partial charge in [-0.25, -0.2) is 4.98 Å². The molecule has 2 N–H and O–H groups in total. The standard InChI is InChI=1S/C15H15N3O/c1-10-6-7-14-13(8-10)17-15(16)18(14)11-4-3-5-12(9-11)19-2/h3-9H,1-2H3,(H2,16,17). The van der Waals surface area contributed by atoms with Gasteiger partial charge in [-0.15, -0.1) is 0 Å². The van der Waals surface area contributed by atoms with Crippen LogP contribution >= 0.6 is 0 Å². The summed E-state index contributed by atoms with van der Waals surface area (Å²) in [4.78, 5) is 4.41. The molecular formula is C15H15N3O. The van der Waals surface area contributed by atoms with Crippen LogP contribution in [-0.4, -0.2) is 16.7 Å². The zero-order valence-corrected chi connectivity index (χ0v) is 10.9. The summed E-state index contributed by atoms with van der Waals surface area (Å²) in [7, 11) is 1.65. The van der Waals surface area contributed by atoms with Gasteiger partial charge in [0.05, 0.1) is 23.8 Å². The largest absolute Gasteiger partial charge is 0.497 e. The average Bonchev–Trinajstić information content (AvgIpc) is 2.73. The topological polar surface area (TPSA) is 53.1 Å². The fourth-order valence-corrected chi connectivity index (χ4v) is 2.23. The number of nitrogens with zero attached hydrogens (tertiary/aromatic N) is 2. The van der Waals surface area contributed by atoms with Crippen molar-refractivity contribution in [1.29, 1.82) is 0 Å². The smallest absolute Gasteiger partial charge is 0.205 e. The second-order valence-electron chi connectivity index (χ2n) is 4.50. The lowest BCUT2D eigenvalue weighted by Gasteiger charge is -2.08. The van der Waals surface area contributed by atoms with Crippen molar-refractivity contribution in [3.8, 4) is 11.4 Å². The molecule has 0 bridgehead atoms. The molecule has 4 heteroatoms. The minimum atomic E-state index is 0.480. The Balaban J connectivity index is 2.26. The van der Waals surface area contributed by atoms with Gasteiger partial charge >= 0.3 is 0 Å². The van der Waals surface area contributed by atoms with E-state index in [0.29, 0.717) is 5.95 Å². The Morgan fingerprint density at radius 2 is 2.00 bits per heavy atom. The van der Waals surface area contributed by atoms with Crippen LogP contribution < -0.4 is 10.5 Å². The van der Waals surface area contributed by atoms with Gasteiger partial charge < -0.3 is 10.5 Å². The van der Waals surface area contributed by atoms with E-state index in [-0.39, 0.29) is 0 Å². The number of ether oxygens (including phenoxy) is 1. The molecule has 0 saturated heterocycles. The fraction of sp³-hybridized carbons (Fsp3) is 0.133. The number of nitrogens with two attached hydrogens (primary N) is 1. The summed E-state index contributed by atoms with van der Waals surface area (Å²) in [6.45, 7) is 2.04. The summed E-state index contributed by atoms with van der Waals surface area (Å²) < 4.78 is 7.18. The Morgan fingerprint density at radius 3 is 2.79 bits per heavy atom. The molecule has 2 aromatic carbocycles. The summed E-state index contributed by atoms with van der Waals surface area (Å²) in [6.07, 6.45) is 0. The van der Waals surface area contributed by atoms with E-state index >= 15 is 0 Å². The SMILES string of the molecule is COc1cccc(-n2c(N)nc3cc(C)ccc32)c1. The molecular weight excluding hydrogens is 238 g/mol. The molecule has 0 radical (unpaired) electrons. The lowest BCUT2D eigenvalue weighted by atomic mass is 10.2. The van der Waals surface area contributed by atoms with Crippen molar-refractivity contribution < 1.29 is 4.74 Å². The van der Waals surface area contributed by atoms with Crippen LogP contribution in [0.25, 0.3) is 16.7 Å². The van der Waals surface area contributed by atoms with Gasteiger partial charge in [0.25, 0.3) is 0 Å². The molecule has 96 valence electrons. The molecule has 0 unspecified atom stereocenters. The zero-order chi connectivity index (χ0) is 13.4. The lowest BCUT2D eigenvalue weighted by molar-refractivity contribution is 0.414. The Morgan fingerprint density at radius 1 is 1.16 bits per heavy atom. The molecule has 0 fully saturated rings. The number of hydrogen-bond acceptors (Lipinski definition) is 3. The Labute approximate surface area is 111 Å². The van der Waals surface area contributed by atoms with Crippen molar-refractivity contribution in [3.05, 3.63) is 48.0 Å². The van der Waals surface area contributed by atoms with E-state index in [1.165, 1.54) is 5.56 Å². The van der Waals surface area contributed by atoms with Gasteiger partial charge in [0.1, 0.15) is 5.75 Å². The number of imidazole rings is 1. The molecule has 0 aliphatic carbocycles. The van der Waals surface area contributed by atoms with Crippen LogP contribution in [-0.2, 0) is 0 Å². The van der Waals surface area contributed by atoms with Gasteiger partial charge in [-0.2, -0.15) is 0 Å². The van der Waals surface area contributed by atoms with E-state index in [0.717, 1.165) is 22.5 Å². The van der Waals surface area contributed by atoms with E-state index < -0.39 is 0 Å². The van der Waals surface area contributed by atoms with E-state index in [1.54, 1.807) is 7.11 Å². The van der Waals surface area contributed by atoms with E-state index in [2.05, 4.69) is 11.1 Å². The molecule has 19 heavy (non-hydrogen) atoms. The van der Waals surface area contributed by atoms with Crippen molar-refractivity contribution in [1.82, 2.24) is 9.55 Å². The Bertz CT molecular complexity index is 746. The van der Waals surface area contributed by atoms with Crippen LogP contribution in [0.4, 0.5) is 5.95 Å². The molecule has 0 atom stereocenters. The van der Waals surface area contributed by atoms with Crippen LogP contribution in [0.2, 0.25) is 0 Å². The number of methoxy groups -OCH3 is 1.